The van der Waals surface area contributed by atoms with E-state index in [2.05, 4.69) is 6.07 Å². The molecule has 32 heavy (non-hydrogen) atoms. The number of carbonyl (C=O) groups excluding carboxylic acids is 2. The Hall–Kier alpha value is -3.80. The molecule has 0 fully saturated rings. The number of aliphatic hydroxyl groups is 1. The third kappa shape index (κ3) is 3.91. The zero-order valence-electron chi connectivity index (χ0n) is 17.3. The fraction of sp³-hybridized carbons (Fsp3) is 0.174. The molecular weight excluding hydrogens is 434 g/mol. The lowest BCUT2D eigenvalue weighted by Gasteiger charge is -2.36. The first kappa shape index (κ1) is 22.9. The molecule has 2 aromatic carbocycles. The number of hydrogen-bond donors (Lipinski definition) is 2. The zero-order chi connectivity index (χ0) is 23.4. The Balaban J connectivity index is 2.44. The van der Waals surface area contributed by atoms with E-state index >= 15 is 0 Å². The molecule has 8 nitrogen and oxygen atoms in total. The van der Waals surface area contributed by atoms with Gasteiger partial charge in [0, 0.05) is 10.6 Å². The van der Waals surface area contributed by atoms with Crippen LogP contribution in [0.25, 0.3) is 0 Å². The van der Waals surface area contributed by atoms with Crippen LogP contribution in [0.1, 0.15) is 17.0 Å². The Morgan fingerprint density at radius 2 is 1.81 bits per heavy atom. The van der Waals surface area contributed by atoms with Crippen LogP contribution in [-0.4, -0.2) is 31.3 Å². The summed E-state index contributed by atoms with van der Waals surface area (Å²) in [5, 5.41) is 20.2. The van der Waals surface area contributed by atoms with Gasteiger partial charge in [-0.05, 0) is 23.8 Å². The van der Waals surface area contributed by atoms with Crippen molar-refractivity contribution in [1.29, 1.82) is 5.26 Å². The van der Waals surface area contributed by atoms with Gasteiger partial charge in [0.1, 0.15) is 11.5 Å². The van der Waals surface area contributed by atoms with E-state index in [-0.39, 0.29) is 28.4 Å². The molecule has 1 unspecified atom stereocenters. The zero-order valence-corrected chi connectivity index (χ0v) is 18.1. The van der Waals surface area contributed by atoms with Crippen LogP contribution in [0, 0.1) is 11.3 Å². The molecule has 1 aliphatic rings. The normalized spacial score (nSPS) is 16.0. The summed E-state index contributed by atoms with van der Waals surface area (Å²) >= 11 is 6.05. The van der Waals surface area contributed by atoms with E-state index in [1.165, 1.54) is 30.2 Å². The predicted molar refractivity (Wildman–Crippen MR) is 117 cm³/mol. The Bertz CT molecular complexity index is 1170. The number of benzene rings is 2. The highest BCUT2D eigenvalue weighted by Crippen LogP contribution is 2.44. The second-order valence-corrected chi connectivity index (χ2v) is 7.20. The highest BCUT2D eigenvalue weighted by atomic mass is 35.5. The van der Waals surface area contributed by atoms with Gasteiger partial charge in [-0.2, -0.15) is 5.26 Å². The SMILES string of the molecule is COC(=O)C1=C(C(=O)OC)N(c2ccc(Cl)cc2CO)C(N)=C(C#N)C1c1ccccc1. The van der Waals surface area contributed by atoms with Crippen molar-refractivity contribution in [3.05, 3.63) is 87.3 Å². The van der Waals surface area contributed by atoms with E-state index in [0.29, 0.717) is 16.1 Å². The molecule has 0 saturated heterocycles. The Labute approximate surface area is 189 Å². The molecule has 1 heterocycles. The van der Waals surface area contributed by atoms with E-state index in [9.17, 15) is 20.0 Å². The Morgan fingerprint density at radius 1 is 1.16 bits per heavy atom. The highest BCUT2D eigenvalue weighted by Gasteiger charge is 2.43. The summed E-state index contributed by atoms with van der Waals surface area (Å²) in [5.41, 5.74) is 7.25. The van der Waals surface area contributed by atoms with Crippen molar-refractivity contribution in [1.82, 2.24) is 0 Å². The summed E-state index contributed by atoms with van der Waals surface area (Å²) in [7, 11) is 2.33. The van der Waals surface area contributed by atoms with E-state index < -0.39 is 24.5 Å². The van der Waals surface area contributed by atoms with Gasteiger partial charge in [-0.15, -0.1) is 0 Å². The third-order valence-corrected chi connectivity index (χ3v) is 5.30. The number of aliphatic hydroxyl groups excluding tert-OH is 1. The maximum Gasteiger partial charge on any atom is 0.355 e. The monoisotopic (exact) mass is 453 g/mol. The van der Waals surface area contributed by atoms with Crippen molar-refractivity contribution in [3.8, 4) is 6.07 Å². The van der Waals surface area contributed by atoms with Gasteiger partial charge >= 0.3 is 11.9 Å². The van der Waals surface area contributed by atoms with Crippen LogP contribution in [-0.2, 0) is 25.7 Å². The van der Waals surface area contributed by atoms with Crippen LogP contribution >= 0.6 is 11.6 Å². The molecule has 0 spiro atoms. The van der Waals surface area contributed by atoms with Gasteiger partial charge in [-0.1, -0.05) is 41.9 Å². The maximum absolute atomic E-state index is 13.0. The van der Waals surface area contributed by atoms with E-state index in [1.807, 2.05) is 0 Å². The fourth-order valence-electron chi connectivity index (χ4n) is 3.66. The Kier molecular flexibility index (Phi) is 6.83. The average Bonchev–Trinajstić information content (AvgIpc) is 2.82. The summed E-state index contributed by atoms with van der Waals surface area (Å²) in [5.74, 6) is -2.76. The lowest BCUT2D eigenvalue weighted by molar-refractivity contribution is -0.139. The first-order chi connectivity index (χ1) is 15.4. The van der Waals surface area contributed by atoms with Crippen LogP contribution < -0.4 is 10.6 Å². The number of nitrogens with two attached hydrogens (primary N) is 1. The molecule has 2 aromatic rings. The minimum absolute atomic E-state index is 0.0306. The summed E-state index contributed by atoms with van der Waals surface area (Å²) in [6, 6.07) is 15.3. The molecule has 1 aliphatic heterocycles. The molecule has 0 saturated carbocycles. The summed E-state index contributed by atoms with van der Waals surface area (Å²) in [4.78, 5) is 27.2. The second-order valence-electron chi connectivity index (χ2n) is 6.77. The molecule has 0 aliphatic carbocycles. The number of rotatable bonds is 5. The van der Waals surface area contributed by atoms with Crippen LogP contribution in [0.2, 0.25) is 5.02 Å². The van der Waals surface area contributed by atoms with Crippen LogP contribution in [0.5, 0.6) is 0 Å². The van der Waals surface area contributed by atoms with Gasteiger partial charge in [-0.25, -0.2) is 9.59 Å². The maximum atomic E-state index is 13.0. The van der Waals surface area contributed by atoms with Crippen molar-refractivity contribution < 1.29 is 24.2 Å². The second kappa shape index (κ2) is 9.56. The number of nitrogens with zero attached hydrogens (tertiary/aromatic N) is 2. The van der Waals surface area contributed by atoms with E-state index in [0.717, 1.165) is 7.11 Å². The number of halogens is 1. The first-order valence-electron chi connectivity index (χ1n) is 9.44. The number of methoxy groups -OCH3 is 2. The molecular formula is C23H20ClN3O5. The van der Waals surface area contributed by atoms with Crippen molar-refractivity contribution >= 4 is 29.2 Å². The minimum Gasteiger partial charge on any atom is -0.466 e. The van der Waals surface area contributed by atoms with Crippen molar-refractivity contribution in [3.63, 3.8) is 0 Å². The number of ether oxygens (including phenoxy) is 2. The lowest BCUT2D eigenvalue weighted by Crippen LogP contribution is -2.41. The number of esters is 2. The van der Waals surface area contributed by atoms with Crippen molar-refractivity contribution in [2.75, 3.05) is 19.1 Å². The number of anilines is 1. The molecule has 1 atom stereocenters. The first-order valence-corrected chi connectivity index (χ1v) is 9.82. The van der Waals surface area contributed by atoms with Gasteiger partial charge in [0.2, 0.25) is 0 Å². The molecule has 0 amide bonds. The quantitative estimate of drug-likeness (QED) is 0.662. The summed E-state index contributed by atoms with van der Waals surface area (Å²) in [6.45, 7) is -0.439. The molecule has 0 aromatic heterocycles. The van der Waals surface area contributed by atoms with Crippen molar-refractivity contribution in [2.45, 2.75) is 12.5 Å². The third-order valence-electron chi connectivity index (χ3n) is 5.06. The van der Waals surface area contributed by atoms with Gasteiger partial charge in [0.05, 0.1) is 49.6 Å². The lowest BCUT2D eigenvalue weighted by atomic mass is 9.80. The predicted octanol–water partition coefficient (Wildman–Crippen LogP) is 2.73. The van der Waals surface area contributed by atoms with Gasteiger partial charge in [0.25, 0.3) is 0 Å². The van der Waals surface area contributed by atoms with E-state index in [1.54, 1.807) is 30.3 Å². The summed E-state index contributed by atoms with van der Waals surface area (Å²) < 4.78 is 9.95. The number of carbonyl (C=O) groups is 2. The molecule has 164 valence electrons. The van der Waals surface area contributed by atoms with Crippen LogP contribution in [0.15, 0.2) is 71.2 Å². The van der Waals surface area contributed by atoms with Gasteiger partial charge in [-0.3, -0.25) is 4.90 Å². The van der Waals surface area contributed by atoms with Crippen LogP contribution in [0.3, 0.4) is 0 Å². The van der Waals surface area contributed by atoms with Crippen LogP contribution in [0.4, 0.5) is 5.69 Å². The number of allylic oxidation sites excluding steroid dienone is 1. The topological polar surface area (TPSA) is 126 Å². The minimum atomic E-state index is -0.969. The molecule has 0 radical (unpaired) electrons. The smallest absolute Gasteiger partial charge is 0.355 e. The number of nitriles is 1. The highest BCUT2D eigenvalue weighted by molar-refractivity contribution is 6.30. The van der Waals surface area contributed by atoms with Crippen molar-refractivity contribution in [2.24, 2.45) is 5.73 Å². The number of hydrogen-bond acceptors (Lipinski definition) is 8. The molecule has 3 rings (SSSR count). The average molecular weight is 454 g/mol. The molecule has 0 bridgehead atoms. The molecule has 3 N–H and O–H groups in total. The molecule has 9 heteroatoms. The summed E-state index contributed by atoms with van der Waals surface area (Å²) in [6.07, 6.45) is 0. The standard InChI is InChI=1S/C23H20ClN3O5/c1-31-22(29)19-18(13-6-4-3-5-7-13)16(11-25)21(26)27(20(19)23(30)32-2)17-9-8-15(24)10-14(17)12-28/h3-10,18,28H,12,26H2,1-2H3. The van der Waals surface area contributed by atoms with E-state index in [4.69, 9.17) is 26.8 Å². The van der Waals surface area contributed by atoms with Gasteiger partial charge in [0.15, 0.2) is 0 Å². The Morgan fingerprint density at radius 3 is 2.38 bits per heavy atom. The largest absolute Gasteiger partial charge is 0.466 e. The van der Waals surface area contributed by atoms with Gasteiger partial charge < -0.3 is 20.3 Å². The fourth-order valence-corrected chi connectivity index (χ4v) is 3.86.